The van der Waals surface area contributed by atoms with Crippen LogP contribution in [0, 0.1) is 5.92 Å². The van der Waals surface area contributed by atoms with Crippen LogP contribution in [0.15, 0.2) is 29.0 Å². The predicted molar refractivity (Wildman–Crippen MR) is 85.0 cm³/mol. The first-order chi connectivity index (χ1) is 11.1. The van der Waals surface area contributed by atoms with Gasteiger partial charge in [0.05, 0.1) is 30.3 Å². The van der Waals surface area contributed by atoms with Gasteiger partial charge in [-0.05, 0) is 30.9 Å². The van der Waals surface area contributed by atoms with Gasteiger partial charge in [0, 0.05) is 12.5 Å². The molecule has 3 rings (SSSR count). The van der Waals surface area contributed by atoms with Crippen molar-refractivity contribution in [3.8, 4) is 0 Å². The average Bonchev–Trinajstić information content (AvgIpc) is 3.03. The summed E-state index contributed by atoms with van der Waals surface area (Å²) in [5.41, 5.74) is 1.66. The number of aliphatic hydroxyl groups excluding tert-OH is 1. The highest BCUT2D eigenvalue weighted by Gasteiger charge is 2.32. The zero-order valence-corrected chi connectivity index (χ0v) is 13.5. The van der Waals surface area contributed by atoms with Gasteiger partial charge in [-0.25, -0.2) is 0 Å². The minimum atomic E-state index is -0.843. The first-order valence-corrected chi connectivity index (χ1v) is 8.11. The fourth-order valence-electron chi connectivity index (χ4n) is 2.71. The first-order valence-electron chi connectivity index (χ1n) is 8.11. The van der Waals surface area contributed by atoms with E-state index < -0.39 is 6.10 Å². The highest BCUT2D eigenvalue weighted by atomic mass is 16.4. The number of aliphatic hydroxyl groups is 1. The van der Waals surface area contributed by atoms with E-state index in [-0.39, 0.29) is 12.5 Å². The van der Waals surface area contributed by atoms with Gasteiger partial charge in [-0.3, -0.25) is 9.48 Å². The summed E-state index contributed by atoms with van der Waals surface area (Å²) in [5.74, 6) is 1.17. The molecule has 2 heterocycles. The molecular formula is C17H23N3O3. The molecule has 1 fully saturated rings. The van der Waals surface area contributed by atoms with Gasteiger partial charge >= 0.3 is 0 Å². The molecular weight excluding hydrogens is 294 g/mol. The van der Waals surface area contributed by atoms with Crippen LogP contribution in [0.2, 0.25) is 0 Å². The normalized spacial score (nSPS) is 15.8. The molecule has 0 bridgehead atoms. The second-order valence-electron chi connectivity index (χ2n) is 6.53. The van der Waals surface area contributed by atoms with Crippen LogP contribution in [0.5, 0.6) is 0 Å². The van der Waals surface area contributed by atoms with E-state index in [0.717, 1.165) is 25.1 Å². The molecule has 1 atom stereocenters. The quantitative estimate of drug-likeness (QED) is 0.822. The highest BCUT2D eigenvalue weighted by molar-refractivity contribution is 5.95. The Kier molecular flexibility index (Phi) is 4.52. The van der Waals surface area contributed by atoms with Crippen LogP contribution >= 0.6 is 0 Å². The molecule has 1 amide bonds. The number of hydrogen-bond donors (Lipinski definition) is 2. The zero-order chi connectivity index (χ0) is 16.4. The molecule has 6 nitrogen and oxygen atoms in total. The molecule has 1 unspecified atom stereocenters. The number of carbonyl (C=O) groups is 1. The summed E-state index contributed by atoms with van der Waals surface area (Å²) >= 11 is 0. The number of hydrogen-bond acceptors (Lipinski definition) is 4. The van der Waals surface area contributed by atoms with Crippen LogP contribution < -0.4 is 5.32 Å². The predicted octanol–water partition coefficient (Wildman–Crippen LogP) is 2.47. The van der Waals surface area contributed by atoms with E-state index in [1.807, 2.05) is 4.68 Å². The lowest BCUT2D eigenvalue weighted by atomic mass is 10.1. The van der Waals surface area contributed by atoms with Gasteiger partial charge in [-0.1, -0.05) is 13.8 Å². The van der Waals surface area contributed by atoms with Crippen molar-refractivity contribution in [3.63, 3.8) is 0 Å². The maximum absolute atomic E-state index is 12.5. The van der Waals surface area contributed by atoms with E-state index in [1.54, 1.807) is 18.3 Å². The van der Waals surface area contributed by atoms with E-state index in [4.69, 9.17) is 4.42 Å². The van der Waals surface area contributed by atoms with Crippen molar-refractivity contribution in [2.24, 2.45) is 5.92 Å². The molecule has 2 N–H and O–H groups in total. The fraction of sp³-hybridized carbons (Fsp3) is 0.529. The Morgan fingerprint density at radius 2 is 2.30 bits per heavy atom. The van der Waals surface area contributed by atoms with Crippen LogP contribution in [0.1, 0.15) is 60.5 Å². The van der Waals surface area contributed by atoms with Gasteiger partial charge in [0.1, 0.15) is 11.9 Å². The van der Waals surface area contributed by atoms with Crippen molar-refractivity contribution in [3.05, 3.63) is 41.6 Å². The standard InChI is InChI=1S/C17H23N3O3/c1-11(2)10-20-16(12-5-6-12)13(8-19-20)17(22)18-9-14(21)15-4-3-7-23-15/h3-4,7-8,11-12,14,21H,5-6,9-10H2,1-2H3,(H,18,22). The average molecular weight is 317 g/mol. The van der Waals surface area contributed by atoms with Gasteiger partial charge in [-0.15, -0.1) is 0 Å². The topological polar surface area (TPSA) is 80.3 Å². The molecule has 124 valence electrons. The maximum atomic E-state index is 12.5. The van der Waals surface area contributed by atoms with Gasteiger partial charge in [0.15, 0.2) is 0 Å². The molecule has 1 aliphatic carbocycles. The van der Waals surface area contributed by atoms with Crippen molar-refractivity contribution < 1.29 is 14.3 Å². The Balaban J connectivity index is 1.68. The van der Waals surface area contributed by atoms with Gasteiger partial charge in [0.25, 0.3) is 5.91 Å². The van der Waals surface area contributed by atoms with E-state index >= 15 is 0 Å². The molecule has 2 aromatic rings. The summed E-state index contributed by atoms with van der Waals surface area (Å²) in [4.78, 5) is 12.5. The molecule has 6 heteroatoms. The summed E-state index contributed by atoms with van der Waals surface area (Å²) < 4.78 is 7.09. The number of furan rings is 1. The summed E-state index contributed by atoms with van der Waals surface area (Å²) in [6, 6.07) is 3.40. The third-order valence-corrected chi connectivity index (χ3v) is 3.95. The van der Waals surface area contributed by atoms with Gasteiger partial charge in [-0.2, -0.15) is 5.10 Å². The third-order valence-electron chi connectivity index (χ3n) is 3.95. The fourth-order valence-corrected chi connectivity index (χ4v) is 2.71. The summed E-state index contributed by atoms with van der Waals surface area (Å²) in [6.45, 7) is 5.20. The van der Waals surface area contributed by atoms with Crippen molar-refractivity contribution in [2.45, 2.75) is 45.3 Å². The molecule has 0 aromatic carbocycles. The number of rotatable bonds is 7. The van der Waals surface area contributed by atoms with Crippen molar-refractivity contribution >= 4 is 5.91 Å². The number of carbonyl (C=O) groups excluding carboxylic acids is 1. The van der Waals surface area contributed by atoms with Crippen LogP contribution in [0.3, 0.4) is 0 Å². The summed E-state index contributed by atoms with van der Waals surface area (Å²) in [5, 5.41) is 17.2. The molecule has 0 aliphatic heterocycles. The molecule has 0 radical (unpaired) electrons. The Labute approximate surface area is 135 Å². The second kappa shape index (κ2) is 6.58. The molecule has 23 heavy (non-hydrogen) atoms. The molecule has 1 saturated carbocycles. The van der Waals surface area contributed by atoms with Crippen LogP contribution in [-0.2, 0) is 6.54 Å². The largest absolute Gasteiger partial charge is 0.467 e. The van der Waals surface area contributed by atoms with Crippen LogP contribution in [0.4, 0.5) is 0 Å². The Morgan fingerprint density at radius 3 is 2.91 bits per heavy atom. The monoisotopic (exact) mass is 317 g/mol. The summed E-state index contributed by atoms with van der Waals surface area (Å²) in [6.07, 6.45) is 4.52. The minimum absolute atomic E-state index is 0.117. The Hall–Kier alpha value is -2.08. The first kappa shape index (κ1) is 15.8. The smallest absolute Gasteiger partial charge is 0.254 e. The number of aromatic nitrogens is 2. The third kappa shape index (κ3) is 3.64. The van der Waals surface area contributed by atoms with Gasteiger partial charge in [0.2, 0.25) is 0 Å². The van der Waals surface area contributed by atoms with Crippen molar-refractivity contribution in [1.29, 1.82) is 0 Å². The highest BCUT2D eigenvalue weighted by Crippen LogP contribution is 2.41. The minimum Gasteiger partial charge on any atom is -0.467 e. The number of nitrogens with zero attached hydrogens (tertiary/aromatic N) is 2. The Morgan fingerprint density at radius 1 is 1.52 bits per heavy atom. The van der Waals surface area contributed by atoms with Crippen LogP contribution in [0.25, 0.3) is 0 Å². The lowest BCUT2D eigenvalue weighted by Crippen LogP contribution is -2.29. The SMILES string of the molecule is CC(C)Cn1ncc(C(=O)NCC(O)c2ccco2)c1C1CC1. The van der Waals surface area contributed by atoms with Gasteiger partial charge < -0.3 is 14.8 Å². The summed E-state index contributed by atoms with van der Waals surface area (Å²) in [7, 11) is 0. The zero-order valence-electron chi connectivity index (χ0n) is 13.5. The van der Waals surface area contributed by atoms with E-state index in [0.29, 0.717) is 23.2 Å². The maximum Gasteiger partial charge on any atom is 0.254 e. The molecule has 0 spiro atoms. The van der Waals surface area contributed by atoms with E-state index in [2.05, 4.69) is 24.3 Å². The molecule has 2 aromatic heterocycles. The molecule has 1 aliphatic rings. The van der Waals surface area contributed by atoms with E-state index in [1.165, 1.54) is 6.26 Å². The van der Waals surface area contributed by atoms with Crippen molar-refractivity contribution in [1.82, 2.24) is 15.1 Å². The van der Waals surface area contributed by atoms with Crippen molar-refractivity contribution in [2.75, 3.05) is 6.54 Å². The van der Waals surface area contributed by atoms with Crippen LogP contribution in [-0.4, -0.2) is 27.3 Å². The Bertz CT molecular complexity index is 657. The lowest BCUT2D eigenvalue weighted by Gasteiger charge is -2.12. The van der Waals surface area contributed by atoms with E-state index in [9.17, 15) is 9.90 Å². The lowest BCUT2D eigenvalue weighted by molar-refractivity contribution is 0.0900. The number of amides is 1. The second-order valence-corrected chi connectivity index (χ2v) is 6.53. The number of nitrogens with one attached hydrogen (secondary N) is 1. The molecule has 0 saturated heterocycles.